The fraction of sp³-hybridized carbons (Fsp3) is 0.125. The van der Waals surface area contributed by atoms with Gasteiger partial charge in [0.15, 0.2) is 5.82 Å². The molecule has 2 aromatic rings. The van der Waals surface area contributed by atoms with Crippen molar-refractivity contribution in [1.82, 2.24) is 25.2 Å². The maximum atomic E-state index is 8.53. The summed E-state index contributed by atoms with van der Waals surface area (Å²) in [6.45, 7) is 0.144. The number of pyridine rings is 1. The van der Waals surface area contributed by atoms with Crippen LogP contribution in [0.2, 0.25) is 0 Å². The van der Waals surface area contributed by atoms with E-state index in [4.69, 9.17) is 5.26 Å². The van der Waals surface area contributed by atoms with E-state index in [0.29, 0.717) is 5.82 Å². The summed E-state index contributed by atoms with van der Waals surface area (Å²) in [6.07, 6.45) is 3.31. The van der Waals surface area contributed by atoms with E-state index in [1.807, 2.05) is 6.07 Å². The minimum atomic E-state index is 0.144. The molecule has 0 aliphatic heterocycles. The van der Waals surface area contributed by atoms with Crippen molar-refractivity contribution >= 4 is 0 Å². The molecular formula is C8H6N6. The fourth-order valence-corrected chi connectivity index (χ4v) is 1.09. The van der Waals surface area contributed by atoms with E-state index >= 15 is 0 Å². The average Bonchev–Trinajstić information content (AvgIpc) is 2.68. The second-order valence-electron chi connectivity index (χ2n) is 2.55. The molecule has 0 aliphatic rings. The Kier molecular flexibility index (Phi) is 2.15. The Balaban J connectivity index is 2.43. The Morgan fingerprint density at radius 2 is 2.14 bits per heavy atom. The highest BCUT2D eigenvalue weighted by molar-refractivity contribution is 5.52. The average molecular weight is 186 g/mol. The third kappa shape index (κ3) is 1.43. The summed E-state index contributed by atoms with van der Waals surface area (Å²) in [5.41, 5.74) is 0.847. The number of tetrazole rings is 1. The lowest BCUT2D eigenvalue weighted by molar-refractivity contribution is 0.671. The second kappa shape index (κ2) is 3.62. The number of hydrogen-bond acceptors (Lipinski definition) is 5. The highest BCUT2D eigenvalue weighted by atomic mass is 15.5. The molecule has 0 radical (unpaired) electrons. The molecule has 0 N–H and O–H groups in total. The molecule has 68 valence electrons. The molecule has 2 heterocycles. The number of rotatable bonds is 2. The first kappa shape index (κ1) is 8.31. The first-order valence-electron chi connectivity index (χ1n) is 3.95. The summed E-state index contributed by atoms with van der Waals surface area (Å²) >= 11 is 0. The van der Waals surface area contributed by atoms with E-state index in [2.05, 4.69) is 20.5 Å². The first-order chi connectivity index (χ1) is 6.92. The van der Waals surface area contributed by atoms with Gasteiger partial charge in [-0.05, 0) is 22.6 Å². The van der Waals surface area contributed by atoms with Gasteiger partial charge in [-0.1, -0.05) is 0 Å². The first-order valence-corrected chi connectivity index (χ1v) is 3.95. The van der Waals surface area contributed by atoms with Gasteiger partial charge in [0.25, 0.3) is 0 Å². The number of hydrogen-bond donors (Lipinski definition) is 0. The molecule has 0 aromatic carbocycles. The Labute approximate surface area is 79.8 Å². The summed E-state index contributed by atoms with van der Waals surface area (Å²) in [6, 6.07) is 5.57. The van der Waals surface area contributed by atoms with Gasteiger partial charge in [-0.2, -0.15) is 5.26 Å². The number of nitriles is 1. The predicted octanol–water partition coefficient (Wildman–Crippen LogP) is 0.259. The largest absolute Gasteiger partial charge is 0.265 e. The van der Waals surface area contributed by atoms with Crippen molar-refractivity contribution in [2.24, 2.45) is 0 Å². The molecular weight excluding hydrogens is 180 g/mol. The smallest absolute Gasteiger partial charge is 0.183 e. The minimum Gasteiger partial charge on any atom is -0.265 e. The molecule has 14 heavy (non-hydrogen) atoms. The predicted molar refractivity (Wildman–Crippen MR) is 46.7 cm³/mol. The molecule has 0 fully saturated rings. The van der Waals surface area contributed by atoms with Gasteiger partial charge in [0.05, 0.1) is 6.07 Å². The van der Waals surface area contributed by atoms with Gasteiger partial charge >= 0.3 is 0 Å². The Bertz CT molecular complexity index is 454. The van der Waals surface area contributed by atoms with Crippen LogP contribution in [-0.2, 0) is 6.54 Å². The molecule has 0 bridgehead atoms. The summed E-state index contributed by atoms with van der Waals surface area (Å²) in [5, 5.41) is 19.6. The normalized spacial score (nSPS) is 9.64. The highest BCUT2D eigenvalue weighted by Gasteiger charge is 2.06. The van der Waals surface area contributed by atoms with Crippen LogP contribution in [0.4, 0.5) is 0 Å². The van der Waals surface area contributed by atoms with Crippen LogP contribution >= 0.6 is 0 Å². The van der Waals surface area contributed by atoms with E-state index in [9.17, 15) is 0 Å². The van der Waals surface area contributed by atoms with Crippen molar-refractivity contribution in [2.45, 2.75) is 6.54 Å². The van der Waals surface area contributed by atoms with Gasteiger partial charge in [0, 0.05) is 18.0 Å². The molecule has 6 heteroatoms. The van der Waals surface area contributed by atoms with Gasteiger partial charge in [-0.15, -0.1) is 5.10 Å². The van der Waals surface area contributed by atoms with Crippen LogP contribution in [0.25, 0.3) is 11.4 Å². The standard InChI is InChI=1S/C8H6N6/c9-3-6-14-8(11-12-13-14)7-1-4-10-5-2-7/h1-2,4-5H,6H2. The lowest BCUT2D eigenvalue weighted by atomic mass is 10.2. The van der Waals surface area contributed by atoms with E-state index in [1.165, 1.54) is 4.68 Å². The van der Waals surface area contributed by atoms with Crippen molar-refractivity contribution in [3.8, 4) is 17.5 Å². The van der Waals surface area contributed by atoms with Crippen LogP contribution in [0.5, 0.6) is 0 Å². The third-order valence-corrected chi connectivity index (χ3v) is 1.69. The fourth-order valence-electron chi connectivity index (χ4n) is 1.09. The van der Waals surface area contributed by atoms with Gasteiger partial charge in [-0.3, -0.25) is 4.98 Å². The monoisotopic (exact) mass is 186 g/mol. The molecule has 2 rings (SSSR count). The summed E-state index contributed by atoms with van der Waals surface area (Å²) in [7, 11) is 0. The minimum absolute atomic E-state index is 0.144. The summed E-state index contributed by atoms with van der Waals surface area (Å²) in [5.74, 6) is 0.578. The molecule has 0 aliphatic carbocycles. The molecule has 0 atom stereocenters. The maximum Gasteiger partial charge on any atom is 0.183 e. The number of aromatic nitrogens is 5. The molecule has 0 spiro atoms. The molecule has 6 nitrogen and oxygen atoms in total. The lowest BCUT2D eigenvalue weighted by Crippen LogP contribution is -2.00. The van der Waals surface area contributed by atoms with Crippen LogP contribution in [0.1, 0.15) is 0 Å². The maximum absolute atomic E-state index is 8.53. The molecule has 0 unspecified atom stereocenters. The highest BCUT2D eigenvalue weighted by Crippen LogP contribution is 2.12. The van der Waals surface area contributed by atoms with E-state index in [0.717, 1.165) is 5.56 Å². The van der Waals surface area contributed by atoms with Crippen molar-refractivity contribution in [2.75, 3.05) is 0 Å². The van der Waals surface area contributed by atoms with Crippen molar-refractivity contribution in [3.05, 3.63) is 24.5 Å². The molecule has 0 saturated carbocycles. The zero-order valence-electron chi connectivity index (χ0n) is 7.20. The van der Waals surface area contributed by atoms with E-state index < -0.39 is 0 Å². The second-order valence-corrected chi connectivity index (χ2v) is 2.55. The van der Waals surface area contributed by atoms with Crippen LogP contribution < -0.4 is 0 Å². The quantitative estimate of drug-likeness (QED) is 0.671. The zero-order valence-corrected chi connectivity index (χ0v) is 7.20. The Hall–Kier alpha value is -2.29. The lowest BCUT2D eigenvalue weighted by Gasteiger charge is -1.98. The van der Waals surface area contributed by atoms with Crippen LogP contribution in [0, 0.1) is 11.3 Å². The SMILES string of the molecule is N#CCn1nnnc1-c1ccncc1. The number of nitrogens with zero attached hydrogens (tertiary/aromatic N) is 6. The third-order valence-electron chi connectivity index (χ3n) is 1.69. The van der Waals surface area contributed by atoms with E-state index in [1.54, 1.807) is 24.5 Å². The molecule has 0 saturated heterocycles. The topological polar surface area (TPSA) is 80.3 Å². The zero-order chi connectivity index (χ0) is 9.80. The van der Waals surface area contributed by atoms with E-state index in [-0.39, 0.29) is 6.54 Å². The van der Waals surface area contributed by atoms with Gasteiger partial charge < -0.3 is 0 Å². The molecule has 2 aromatic heterocycles. The van der Waals surface area contributed by atoms with Crippen LogP contribution in [0.3, 0.4) is 0 Å². The van der Waals surface area contributed by atoms with Crippen LogP contribution in [0.15, 0.2) is 24.5 Å². The Morgan fingerprint density at radius 1 is 1.36 bits per heavy atom. The van der Waals surface area contributed by atoms with Gasteiger partial charge in [0.1, 0.15) is 6.54 Å². The van der Waals surface area contributed by atoms with Crippen LogP contribution in [-0.4, -0.2) is 25.2 Å². The van der Waals surface area contributed by atoms with Gasteiger partial charge in [-0.25, -0.2) is 4.68 Å². The van der Waals surface area contributed by atoms with Gasteiger partial charge in [0.2, 0.25) is 0 Å². The summed E-state index contributed by atoms with van der Waals surface area (Å²) < 4.78 is 1.44. The van der Waals surface area contributed by atoms with Crippen molar-refractivity contribution < 1.29 is 0 Å². The molecule has 0 amide bonds. The summed E-state index contributed by atoms with van der Waals surface area (Å²) in [4.78, 5) is 3.89. The van der Waals surface area contributed by atoms with Crippen molar-refractivity contribution in [3.63, 3.8) is 0 Å². The van der Waals surface area contributed by atoms with Crippen molar-refractivity contribution in [1.29, 1.82) is 5.26 Å². The Morgan fingerprint density at radius 3 is 2.86 bits per heavy atom.